The Balaban J connectivity index is 2.61. The van der Waals surface area contributed by atoms with Crippen molar-refractivity contribution in [2.24, 2.45) is 5.84 Å². The van der Waals surface area contributed by atoms with Gasteiger partial charge in [-0.25, -0.2) is 14.2 Å². The van der Waals surface area contributed by atoms with E-state index in [1.165, 1.54) is 12.1 Å². The van der Waals surface area contributed by atoms with Crippen molar-refractivity contribution in [2.45, 2.75) is 19.9 Å². The van der Waals surface area contributed by atoms with Crippen molar-refractivity contribution >= 4 is 0 Å². The van der Waals surface area contributed by atoms with E-state index in [1.54, 1.807) is 32.2 Å². The fraction of sp³-hybridized carbons (Fsp3) is 0.214. The average molecular weight is 263 g/mol. The molecule has 100 valence electrons. The van der Waals surface area contributed by atoms with Crippen molar-refractivity contribution < 1.29 is 8.78 Å². The third-order valence-corrected chi connectivity index (χ3v) is 3.13. The first-order valence-electron chi connectivity index (χ1n) is 5.88. The minimum Gasteiger partial charge on any atom is -0.271 e. The van der Waals surface area contributed by atoms with Crippen molar-refractivity contribution in [3.05, 3.63) is 64.5 Å². The highest BCUT2D eigenvalue weighted by Gasteiger charge is 2.23. The molecule has 0 radical (unpaired) electrons. The van der Waals surface area contributed by atoms with E-state index in [1.807, 2.05) is 0 Å². The van der Waals surface area contributed by atoms with Crippen molar-refractivity contribution in [3.63, 3.8) is 0 Å². The van der Waals surface area contributed by atoms with Gasteiger partial charge in [-0.3, -0.25) is 10.8 Å². The van der Waals surface area contributed by atoms with Gasteiger partial charge in [0.05, 0.1) is 6.04 Å². The largest absolute Gasteiger partial charge is 0.271 e. The van der Waals surface area contributed by atoms with Gasteiger partial charge < -0.3 is 0 Å². The van der Waals surface area contributed by atoms with Crippen molar-refractivity contribution in [3.8, 4) is 0 Å². The van der Waals surface area contributed by atoms with Gasteiger partial charge in [-0.1, -0.05) is 12.1 Å². The maximum atomic E-state index is 14.2. The number of hydrogen-bond donors (Lipinski definition) is 2. The predicted molar refractivity (Wildman–Crippen MR) is 69.2 cm³/mol. The van der Waals surface area contributed by atoms with E-state index in [9.17, 15) is 8.78 Å². The first-order chi connectivity index (χ1) is 9.06. The summed E-state index contributed by atoms with van der Waals surface area (Å²) < 4.78 is 28.1. The van der Waals surface area contributed by atoms with Crippen LogP contribution in [0, 0.1) is 25.5 Å². The number of nitrogens with one attached hydrogen (secondary N) is 1. The average Bonchev–Trinajstić information content (AvgIpc) is 2.40. The maximum Gasteiger partial charge on any atom is 0.134 e. The number of rotatable bonds is 3. The Kier molecular flexibility index (Phi) is 3.87. The highest BCUT2D eigenvalue weighted by molar-refractivity contribution is 5.37. The molecule has 0 aliphatic carbocycles. The molecule has 0 saturated carbocycles. The van der Waals surface area contributed by atoms with Gasteiger partial charge >= 0.3 is 0 Å². The van der Waals surface area contributed by atoms with Crippen LogP contribution >= 0.6 is 0 Å². The summed E-state index contributed by atoms with van der Waals surface area (Å²) >= 11 is 0. The Morgan fingerprint density at radius 2 is 1.95 bits per heavy atom. The smallest absolute Gasteiger partial charge is 0.134 e. The molecule has 19 heavy (non-hydrogen) atoms. The number of pyridine rings is 1. The molecule has 1 aromatic carbocycles. The molecule has 3 N–H and O–H groups in total. The number of hydrogen-bond acceptors (Lipinski definition) is 3. The highest BCUT2D eigenvalue weighted by Crippen LogP contribution is 2.29. The van der Waals surface area contributed by atoms with Crippen molar-refractivity contribution in [2.75, 3.05) is 0 Å². The first-order valence-corrected chi connectivity index (χ1v) is 5.88. The Morgan fingerprint density at radius 3 is 2.58 bits per heavy atom. The van der Waals surface area contributed by atoms with E-state index in [2.05, 4.69) is 10.4 Å². The van der Waals surface area contributed by atoms with Crippen molar-refractivity contribution in [1.82, 2.24) is 10.4 Å². The van der Waals surface area contributed by atoms with Gasteiger partial charge in [-0.05, 0) is 37.1 Å². The van der Waals surface area contributed by atoms with E-state index in [-0.39, 0.29) is 5.56 Å². The first kappa shape index (κ1) is 13.6. The highest BCUT2D eigenvalue weighted by atomic mass is 19.1. The van der Waals surface area contributed by atoms with Gasteiger partial charge in [0.1, 0.15) is 11.6 Å². The van der Waals surface area contributed by atoms with Gasteiger partial charge in [0, 0.05) is 17.5 Å². The van der Waals surface area contributed by atoms with Gasteiger partial charge in [-0.15, -0.1) is 0 Å². The molecule has 0 aliphatic rings. The molecule has 1 atom stereocenters. The molecule has 0 spiro atoms. The lowest BCUT2D eigenvalue weighted by atomic mass is 9.95. The second kappa shape index (κ2) is 5.42. The summed E-state index contributed by atoms with van der Waals surface area (Å²) in [5.74, 6) is 4.26. The molecule has 0 amide bonds. The van der Waals surface area contributed by atoms with Crippen LogP contribution in [0.3, 0.4) is 0 Å². The molecular weight excluding hydrogens is 248 g/mol. The summed E-state index contributed by atoms with van der Waals surface area (Å²) in [7, 11) is 0. The lowest BCUT2D eigenvalue weighted by molar-refractivity contribution is 0.505. The number of aromatic nitrogens is 1. The summed E-state index contributed by atoms with van der Waals surface area (Å²) in [6, 6.07) is 5.32. The Morgan fingerprint density at radius 1 is 1.21 bits per heavy atom. The van der Waals surface area contributed by atoms with Crippen LogP contribution < -0.4 is 11.3 Å². The summed E-state index contributed by atoms with van der Waals surface area (Å²) in [6.45, 7) is 3.35. The molecule has 0 aliphatic heterocycles. The quantitative estimate of drug-likeness (QED) is 0.661. The number of hydrazine groups is 1. The van der Waals surface area contributed by atoms with Gasteiger partial charge in [0.25, 0.3) is 0 Å². The van der Waals surface area contributed by atoms with Crippen LogP contribution in [-0.2, 0) is 0 Å². The molecule has 1 aromatic heterocycles. The zero-order valence-corrected chi connectivity index (χ0v) is 10.7. The Bertz CT molecular complexity index is 599. The van der Waals surface area contributed by atoms with E-state index < -0.39 is 17.7 Å². The third-order valence-electron chi connectivity index (χ3n) is 3.13. The molecular formula is C14H15F2N3. The normalized spacial score (nSPS) is 12.5. The Labute approximate surface area is 110 Å². The Hall–Kier alpha value is -1.85. The second-order valence-corrected chi connectivity index (χ2v) is 4.37. The molecule has 0 bridgehead atoms. The monoisotopic (exact) mass is 263 g/mol. The van der Waals surface area contributed by atoms with Crippen LogP contribution in [0.25, 0.3) is 0 Å². The van der Waals surface area contributed by atoms with Gasteiger partial charge in [0.2, 0.25) is 0 Å². The molecule has 2 rings (SSSR count). The predicted octanol–water partition coefficient (Wildman–Crippen LogP) is 2.53. The minimum absolute atomic E-state index is 0.0846. The summed E-state index contributed by atoms with van der Waals surface area (Å²) in [5.41, 5.74) is 4.07. The second-order valence-electron chi connectivity index (χ2n) is 4.37. The van der Waals surface area contributed by atoms with Crippen molar-refractivity contribution in [1.29, 1.82) is 0 Å². The van der Waals surface area contributed by atoms with Crippen LogP contribution in [0.15, 0.2) is 30.5 Å². The summed E-state index contributed by atoms with van der Waals surface area (Å²) in [4.78, 5) is 4.11. The minimum atomic E-state index is -0.770. The number of nitrogens with zero attached hydrogens (tertiary/aromatic N) is 1. The summed E-state index contributed by atoms with van der Waals surface area (Å²) in [5, 5.41) is 0. The lowest BCUT2D eigenvalue weighted by Gasteiger charge is -2.20. The maximum absolute atomic E-state index is 14.2. The number of nitrogens with two attached hydrogens (primary N) is 1. The fourth-order valence-electron chi connectivity index (χ4n) is 2.07. The SMILES string of the molecule is Cc1ccc(F)c(C(NN)c2cccnc2C)c1F. The zero-order valence-electron chi connectivity index (χ0n) is 10.7. The standard InChI is InChI=1S/C14H15F2N3/c1-8-5-6-11(15)12(13(8)16)14(19-17)10-4-3-7-18-9(10)2/h3-7,14,19H,17H2,1-2H3. The molecule has 2 aromatic rings. The van der Waals surface area contributed by atoms with E-state index >= 15 is 0 Å². The van der Waals surface area contributed by atoms with E-state index in [0.717, 1.165) is 0 Å². The fourth-order valence-corrected chi connectivity index (χ4v) is 2.07. The van der Waals surface area contributed by atoms with Gasteiger partial charge in [-0.2, -0.15) is 0 Å². The molecule has 0 saturated heterocycles. The third kappa shape index (κ3) is 2.47. The summed E-state index contributed by atoms with van der Waals surface area (Å²) in [6.07, 6.45) is 1.62. The molecule has 0 fully saturated rings. The molecule has 5 heteroatoms. The van der Waals surface area contributed by atoms with E-state index in [4.69, 9.17) is 5.84 Å². The lowest BCUT2D eigenvalue weighted by Crippen LogP contribution is -2.31. The topological polar surface area (TPSA) is 50.9 Å². The molecule has 3 nitrogen and oxygen atoms in total. The zero-order chi connectivity index (χ0) is 14.0. The van der Waals surface area contributed by atoms with Crippen LogP contribution in [0.2, 0.25) is 0 Å². The van der Waals surface area contributed by atoms with Crippen LogP contribution in [0.4, 0.5) is 8.78 Å². The number of halogens is 2. The van der Waals surface area contributed by atoms with Crippen LogP contribution in [0.5, 0.6) is 0 Å². The number of aryl methyl sites for hydroxylation is 2. The van der Waals surface area contributed by atoms with E-state index in [0.29, 0.717) is 16.8 Å². The van der Waals surface area contributed by atoms with Crippen LogP contribution in [0.1, 0.15) is 28.4 Å². The van der Waals surface area contributed by atoms with Gasteiger partial charge in [0.15, 0.2) is 0 Å². The number of benzene rings is 1. The molecule has 1 unspecified atom stereocenters. The van der Waals surface area contributed by atoms with Crippen LogP contribution in [-0.4, -0.2) is 4.98 Å². The molecule has 1 heterocycles.